The Kier molecular flexibility index (Phi) is 5.43. The Labute approximate surface area is 125 Å². The zero-order chi connectivity index (χ0) is 14.6. The number of alkyl halides is 1. The molecule has 0 saturated carbocycles. The summed E-state index contributed by atoms with van der Waals surface area (Å²) in [6.07, 6.45) is 1.70. The largest absolute Gasteiger partial charge is 0.378 e. The second kappa shape index (κ2) is 6.89. The number of benzene rings is 1. The van der Waals surface area contributed by atoms with Crippen molar-refractivity contribution >= 4 is 21.6 Å². The molecule has 1 fully saturated rings. The molecule has 1 aromatic rings. The van der Waals surface area contributed by atoms with Gasteiger partial charge in [0.05, 0.1) is 11.0 Å². The molecule has 1 heterocycles. The van der Waals surface area contributed by atoms with Crippen molar-refractivity contribution in [3.63, 3.8) is 0 Å². The van der Waals surface area contributed by atoms with E-state index in [9.17, 15) is 8.42 Å². The zero-order valence-corrected chi connectivity index (χ0v) is 13.2. The number of nitrogens with zero attached hydrogens (tertiary/aromatic N) is 1. The van der Waals surface area contributed by atoms with Gasteiger partial charge in [0.25, 0.3) is 0 Å². The quantitative estimate of drug-likeness (QED) is 0.784. The summed E-state index contributed by atoms with van der Waals surface area (Å²) in [5.41, 5.74) is 0.917. The predicted molar refractivity (Wildman–Crippen MR) is 79.4 cm³/mol. The van der Waals surface area contributed by atoms with Crippen molar-refractivity contribution in [2.24, 2.45) is 0 Å². The van der Waals surface area contributed by atoms with Gasteiger partial charge in [-0.05, 0) is 37.5 Å². The van der Waals surface area contributed by atoms with Crippen LogP contribution in [0, 0.1) is 0 Å². The first-order chi connectivity index (χ1) is 9.57. The number of ether oxygens (including phenoxy) is 1. The molecule has 1 saturated heterocycles. The lowest BCUT2D eigenvalue weighted by Gasteiger charge is -2.31. The Morgan fingerprint density at radius 1 is 1.25 bits per heavy atom. The first-order valence-corrected chi connectivity index (χ1v) is 8.82. The molecule has 6 heteroatoms. The van der Waals surface area contributed by atoms with E-state index < -0.39 is 10.0 Å². The molecule has 2 rings (SSSR count). The summed E-state index contributed by atoms with van der Waals surface area (Å²) >= 11 is 5.71. The van der Waals surface area contributed by atoms with E-state index in [-0.39, 0.29) is 6.10 Å². The molecular weight excluding hydrogens is 298 g/mol. The van der Waals surface area contributed by atoms with Gasteiger partial charge in [0, 0.05) is 25.6 Å². The van der Waals surface area contributed by atoms with Crippen LogP contribution in [0.1, 0.15) is 25.3 Å². The van der Waals surface area contributed by atoms with E-state index in [1.165, 1.54) is 4.31 Å². The lowest BCUT2D eigenvalue weighted by Crippen LogP contribution is -2.40. The lowest BCUT2D eigenvalue weighted by atomic mass is 10.1. The van der Waals surface area contributed by atoms with Crippen molar-refractivity contribution < 1.29 is 13.2 Å². The lowest BCUT2D eigenvalue weighted by molar-refractivity contribution is 0.0290. The summed E-state index contributed by atoms with van der Waals surface area (Å²) in [5.74, 6) is 0.389. The third-order valence-electron chi connectivity index (χ3n) is 3.52. The number of sulfonamides is 1. The van der Waals surface area contributed by atoms with Crippen LogP contribution < -0.4 is 0 Å². The Balaban J connectivity index is 2.07. The number of rotatable bonds is 5. The zero-order valence-electron chi connectivity index (χ0n) is 11.6. The molecule has 1 aromatic carbocycles. The molecule has 4 nitrogen and oxygen atoms in total. The van der Waals surface area contributed by atoms with E-state index in [0.717, 1.165) is 18.4 Å². The highest BCUT2D eigenvalue weighted by Crippen LogP contribution is 2.22. The number of halogens is 1. The van der Waals surface area contributed by atoms with Crippen LogP contribution in [-0.2, 0) is 20.6 Å². The Morgan fingerprint density at radius 3 is 2.35 bits per heavy atom. The first-order valence-electron chi connectivity index (χ1n) is 6.84. The minimum absolute atomic E-state index is 0.185. The fourth-order valence-electron chi connectivity index (χ4n) is 2.37. The SMILES string of the molecule is CCOC1CCN(S(=O)(=O)c2ccc(CCl)cc2)CC1. The number of hydrogen-bond donors (Lipinski definition) is 0. The number of hydrogen-bond acceptors (Lipinski definition) is 3. The van der Waals surface area contributed by atoms with Crippen LogP contribution in [0.3, 0.4) is 0 Å². The van der Waals surface area contributed by atoms with Crippen LogP contribution >= 0.6 is 11.6 Å². The Bertz CT molecular complexity index is 522. The van der Waals surface area contributed by atoms with Gasteiger partial charge in [-0.25, -0.2) is 8.42 Å². The van der Waals surface area contributed by atoms with Gasteiger partial charge in [0.1, 0.15) is 0 Å². The van der Waals surface area contributed by atoms with Crippen molar-refractivity contribution in [3.05, 3.63) is 29.8 Å². The van der Waals surface area contributed by atoms with Gasteiger partial charge in [-0.2, -0.15) is 4.31 Å². The van der Waals surface area contributed by atoms with E-state index in [2.05, 4.69) is 0 Å². The Morgan fingerprint density at radius 2 is 1.85 bits per heavy atom. The molecule has 112 valence electrons. The highest BCUT2D eigenvalue weighted by Gasteiger charge is 2.29. The molecule has 0 unspecified atom stereocenters. The average Bonchev–Trinajstić information content (AvgIpc) is 2.48. The molecule has 1 aliphatic heterocycles. The summed E-state index contributed by atoms with van der Waals surface area (Å²) in [5, 5.41) is 0. The van der Waals surface area contributed by atoms with E-state index >= 15 is 0 Å². The van der Waals surface area contributed by atoms with Gasteiger partial charge in [0.15, 0.2) is 0 Å². The average molecular weight is 318 g/mol. The molecule has 0 spiro atoms. The molecule has 0 atom stereocenters. The third kappa shape index (κ3) is 3.52. The summed E-state index contributed by atoms with van der Waals surface area (Å²) in [7, 11) is -3.39. The predicted octanol–water partition coefficient (Wildman–Crippen LogP) is 2.62. The van der Waals surface area contributed by atoms with Gasteiger partial charge < -0.3 is 4.74 Å². The fourth-order valence-corrected chi connectivity index (χ4v) is 4.02. The standard InChI is InChI=1S/C14H20ClNO3S/c1-2-19-13-7-9-16(10-8-13)20(17,18)14-5-3-12(11-15)4-6-14/h3-6,13H,2,7-11H2,1H3. The van der Waals surface area contributed by atoms with Gasteiger partial charge in [0.2, 0.25) is 10.0 Å². The maximum atomic E-state index is 12.5. The van der Waals surface area contributed by atoms with Gasteiger partial charge in [-0.3, -0.25) is 0 Å². The van der Waals surface area contributed by atoms with E-state index in [4.69, 9.17) is 16.3 Å². The maximum absolute atomic E-state index is 12.5. The topological polar surface area (TPSA) is 46.6 Å². The van der Waals surface area contributed by atoms with Crippen LogP contribution in [0.15, 0.2) is 29.2 Å². The fraction of sp³-hybridized carbons (Fsp3) is 0.571. The Hall–Kier alpha value is -0.620. The minimum atomic E-state index is -3.39. The van der Waals surface area contributed by atoms with Gasteiger partial charge in [-0.15, -0.1) is 11.6 Å². The van der Waals surface area contributed by atoms with Crippen LogP contribution in [0.4, 0.5) is 0 Å². The third-order valence-corrected chi connectivity index (χ3v) is 5.74. The summed E-state index contributed by atoms with van der Waals surface area (Å²) in [4.78, 5) is 0.334. The molecule has 0 bridgehead atoms. The van der Waals surface area contributed by atoms with Gasteiger partial charge in [-0.1, -0.05) is 12.1 Å². The summed E-state index contributed by atoms with van der Waals surface area (Å²) in [6.45, 7) is 3.67. The molecule has 0 radical (unpaired) electrons. The maximum Gasteiger partial charge on any atom is 0.243 e. The molecule has 1 aliphatic rings. The highest BCUT2D eigenvalue weighted by molar-refractivity contribution is 7.89. The van der Waals surface area contributed by atoms with E-state index in [0.29, 0.717) is 30.5 Å². The van der Waals surface area contributed by atoms with Crippen molar-refractivity contribution in [1.29, 1.82) is 0 Å². The normalized spacial score (nSPS) is 18.3. The molecular formula is C14H20ClNO3S. The van der Waals surface area contributed by atoms with Crippen molar-refractivity contribution in [1.82, 2.24) is 4.31 Å². The molecule has 0 aromatic heterocycles. The van der Waals surface area contributed by atoms with E-state index in [1.807, 2.05) is 6.92 Å². The summed E-state index contributed by atoms with van der Waals surface area (Å²) < 4.78 is 32.1. The monoisotopic (exact) mass is 317 g/mol. The molecule has 0 aliphatic carbocycles. The second-order valence-corrected chi connectivity index (χ2v) is 7.04. The molecule has 0 N–H and O–H groups in total. The van der Waals surface area contributed by atoms with Gasteiger partial charge >= 0.3 is 0 Å². The highest BCUT2D eigenvalue weighted by atomic mass is 35.5. The molecule has 0 amide bonds. The smallest absolute Gasteiger partial charge is 0.243 e. The summed E-state index contributed by atoms with van der Waals surface area (Å²) in [6, 6.07) is 6.77. The van der Waals surface area contributed by atoms with Crippen LogP contribution in [0.25, 0.3) is 0 Å². The second-order valence-electron chi connectivity index (χ2n) is 4.84. The van der Waals surface area contributed by atoms with Crippen molar-refractivity contribution in [2.75, 3.05) is 19.7 Å². The molecule has 20 heavy (non-hydrogen) atoms. The minimum Gasteiger partial charge on any atom is -0.378 e. The van der Waals surface area contributed by atoms with Crippen LogP contribution in [0.5, 0.6) is 0 Å². The van der Waals surface area contributed by atoms with Crippen LogP contribution in [0.2, 0.25) is 0 Å². The first kappa shape index (κ1) is 15.8. The van der Waals surface area contributed by atoms with Crippen molar-refractivity contribution in [2.45, 2.75) is 36.6 Å². The van der Waals surface area contributed by atoms with E-state index in [1.54, 1.807) is 24.3 Å². The van der Waals surface area contributed by atoms with Crippen LogP contribution in [-0.4, -0.2) is 38.5 Å². The van der Waals surface area contributed by atoms with Crippen molar-refractivity contribution in [3.8, 4) is 0 Å². The number of piperidine rings is 1.